The largest absolute Gasteiger partial charge is 0.271 e. The molecular formula is C7H12N4S. The normalized spacial score (nSPS) is 19.4. The van der Waals surface area contributed by atoms with Crippen LogP contribution in [0.2, 0.25) is 0 Å². The number of hydrazine groups is 1. The third-order valence-corrected chi connectivity index (χ3v) is 2.97. The van der Waals surface area contributed by atoms with Crippen molar-refractivity contribution in [3.05, 3.63) is 11.1 Å². The van der Waals surface area contributed by atoms with Gasteiger partial charge in [-0.05, 0) is 23.9 Å². The zero-order valence-electron chi connectivity index (χ0n) is 6.73. The smallest absolute Gasteiger partial charge is 0.0669 e. The summed E-state index contributed by atoms with van der Waals surface area (Å²) in [6, 6.07) is 0.262. The van der Waals surface area contributed by atoms with Crippen molar-refractivity contribution in [1.82, 2.24) is 15.0 Å². The molecule has 1 saturated carbocycles. The number of aromatic nitrogens is 2. The van der Waals surface area contributed by atoms with Crippen molar-refractivity contribution >= 4 is 11.5 Å². The fourth-order valence-corrected chi connectivity index (χ4v) is 1.86. The van der Waals surface area contributed by atoms with Crippen LogP contribution in [0.15, 0.2) is 6.20 Å². The third-order valence-electron chi connectivity index (χ3n) is 2.19. The van der Waals surface area contributed by atoms with Crippen LogP contribution in [-0.4, -0.2) is 9.59 Å². The van der Waals surface area contributed by atoms with Gasteiger partial charge in [-0.15, -0.1) is 5.10 Å². The molecule has 3 N–H and O–H groups in total. The first-order valence-corrected chi connectivity index (χ1v) is 4.91. The summed E-state index contributed by atoms with van der Waals surface area (Å²) in [6.07, 6.45) is 5.62. The Balaban J connectivity index is 1.97. The van der Waals surface area contributed by atoms with Crippen molar-refractivity contribution in [1.29, 1.82) is 0 Å². The summed E-state index contributed by atoms with van der Waals surface area (Å²) in [5.41, 5.74) is 2.81. The lowest BCUT2D eigenvalue weighted by Crippen LogP contribution is -2.27. The Hall–Kier alpha value is -0.520. The molecule has 4 nitrogen and oxygen atoms in total. The fraction of sp³-hybridized carbons (Fsp3) is 0.714. The van der Waals surface area contributed by atoms with Gasteiger partial charge in [0.15, 0.2) is 0 Å². The van der Waals surface area contributed by atoms with Gasteiger partial charge in [0, 0.05) is 0 Å². The number of nitrogens with zero attached hydrogens (tertiary/aromatic N) is 2. The van der Waals surface area contributed by atoms with E-state index in [-0.39, 0.29) is 6.04 Å². The summed E-state index contributed by atoms with van der Waals surface area (Å²) in [5, 5.41) is 3.79. The summed E-state index contributed by atoms with van der Waals surface area (Å²) in [6.45, 7) is 0. The highest BCUT2D eigenvalue weighted by atomic mass is 32.1. The van der Waals surface area contributed by atoms with Crippen LogP contribution in [0.3, 0.4) is 0 Å². The molecule has 0 aliphatic heterocycles. The number of hydrogen-bond donors (Lipinski definition) is 2. The van der Waals surface area contributed by atoms with Gasteiger partial charge in [0.25, 0.3) is 0 Å². The number of rotatable bonds is 4. The Kier molecular flexibility index (Phi) is 2.34. The van der Waals surface area contributed by atoms with E-state index < -0.39 is 0 Å². The van der Waals surface area contributed by atoms with E-state index in [0.717, 1.165) is 17.2 Å². The predicted octanol–water partition coefficient (Wildman–Crippen LogP) is 0.843. The quantitative estimate of drug-likeness (QED) is 0.537. The van der Waals surface area contributed by atoms with Gasteiger partial charge in [0.2, 0.25) is 0 Å². The molecule has 1 aromatic rings. The molecule has 1 aromatic heterocycles. The molecule has 0 spiro atoms. The van der Waals surface area contributed by atoms with E-state index in [0.29, 0.717) is 0 Å². The zero-order chi connectivity index (χ0) is 8.39. The lowest BCUT2D eigenvalue weighted by atomic mass is 10.1. The molecule has 12 heavy (non-hydrogen) atoms. The number of nitrogens with two attached hydrogens (primary N) is 1. The van der Waals surface area contributed by atoms with Crippen molar-refractivity contribution in [2.75, 3.05) is 0 Å². The van der Waals surface area contributed by atoms with Crippen molar-refractivity contribution < 1.29 is 0 Å². The van der Waals surface area contributed by atoms with Crippen LogP contribution < -0.4 is 11.3 Å². The highest BCUT2D eigenvalue weighted by Gasteiger charge is 2.26. The van der Waals surface area contributed by atoms with Gasteiger partial charge in [-0.1, -0.05) is 17.3 Å². The SMILES string of the molecule is NNC(CC1CC1)c1cnns1. The fourth-order valence-electron chi connectivity index (χ4n) is 1.28. The summed E-state index contributed by atoms with van der Waals surface area (Å²) < 4.78 is 3.81. The van der Waals surface area contributed by atoms with Crippen LogP contribution in [0.5, 0.6) is 0 Å². The monoisotopic (exact) mass is 184 g/mol. The highest BCUT2D eigenvalue weighted by Crippen LogP contribution is 2.37. The molecule has 2 rings (SSSR count). The van der Waals surface area contributed by atoms with Crippen molar-refractivity contribution in [2.45, 2.75) is 25.3 Å². The van der Waals surface area contributed by atoms with Crippen molar-refractivity contribution in [3.63, 3.8) is 0 Å². The van der Waals surface area contributed by atoms with E-state index in [1.807, 2.05) is 0 Å². The molecule has 5 heteroatoms. The molecule has 1 fully saturated rings. The summed E-state index contributed by atoms with van der Waals surface area (Å²) in [4.78, 5) is 1.14. The van der Waals surface area contributed by atoms with E-state index in [1.54, 1.807) is 6.20 Å². The molecule has 1 aliphatic carbocycles. The standard InChI is InChI=1S/C7H12N4S/c8-10-6(3-5-1-2-5)7-4-9-11-12-7/h4-6,10H,1-3,8H2. The van der Waals surface area contributed by atoms with Crippen LogP contribution in [0.25, 0.3) is 0 Å². The molecular weight excluding hydrogens is 172 g/mol. The van der Waals surface area contributed by atoms with Crippen LogP contribution in [0.4, 0.5) is 0 Å². The topological polar surface area (TPSA) is 63.8 Å². The van der Waals surface area contributed by atoms with E-state index in [2.05, 4.69) is 15.0 Å². The maximum atomic E-state index is 5.44. The third kappa shape index (κ3) is 1.80. The molecule has 0 radical (unpaired) electrons. The second-order valence-corrected chi connectivity index (χ2v) is 4.04. The van der Waals surface area contributed by atoms with Crippen LogP contribution >= 0.6 is 11.5 Å². The molecule has 1 heterocycles. The van der Waals surface area contributed by atoms with Gasteiger partial charge < -0.3 is 0 Å². The Labute approximate surface area is 75.3 Å². The maximum Gasteiger partial charge on any atom is 0.0669 e. The van der Waals surface area contributed by atoms with Crippen molar-refractivity contribution in [2.24, 2.45) is 11.8 Å². The first kappa shape index (κ1) is 8.10. The highest BCUT2D eigenvalue weighted by molar-refractivity contribution is 7.05. The Bertz CT molecular complexity index is 232. The number of hydrogen-bond acceptors (Lipinski definition) is 5. The maximum absolute atomic E-state index is 5.44. The van der Waals surface area contributed by atoms with E-state index in [1.165, 1.54) is 24.4 Å². The average molecular weight is 184 g/mol. The molecule has 1 atom stereocenters. The minimum atomic E-state index is 0.262. The second-order valence-electron chi connectivity index (χ2n) is 3.22. The van der Waals surface area contributed by atoms with E-state index in [9.17, 15) is 0 Å². The van der Waals surface area contributed by atoms with E-state index in [4.69, 9.17) is 5.84 Å². The van der Waals surface area contributed by atoms with Gasteiger partial charge in [0.1, 0.15) is 0 Å². The van der Waals surface area contributed by atoms with Gasteiger partial charge in [-0.3, -0.25) is 11.3 Å². The molecule has 1 aliphatic rings. The molecule has 0 amide bonds. The zero-order valence-corrected chi connectivity index (χ0v) is 7.55. The molecule has 0 aromatic carbocycles. The van der Waals surface area contributed by atoms with E-state index >= 15 is 0 Å². The van der Waals surface area contributed by atoms with Gasteiger partial charge in [0.05, 0.1) is 17.1 Å². The molecule has 0 bridgehead atoms. The molecule has 0 saturated heterocycles. The molecule has 1 unspecified atom stereocenters. The summed E-state index contributed by atoms with van der Waals surface area (Å²) in [7, 11) is 0. The van der Waals surface area contributed by atoms with Crippen LogP contribution in [0, 0.1) is 5.92 Å². The first-order chi connectivity index (χ1) is 5.90. The first-order valence-electron chi connectivity index (χ1n) is 4.13. The minimum Gasteiger partial charge on any atom is -0.271 e. The Morgan fingerprint density at radius 2 is 2.58 bits per heavy atom. The number of nitrogens with one attached hydrogen (secondary N) is 1. The summed E-state index contributed by atoms with van der Waals surface area (Å²) in [5.74, 6) is 6.31. The van der Waals surface area contributed by atoms with Gasteiger partial charge >= 0.3 is 0 Å². The van der Waals surface area contributed by atoms with Crippen molar-refractivity contribution in [3.8, 4) is 0 Å². The van der Waals surface area contributed by atoms with Crippen LogP contribution in [0.1, 0.15) is 30.2 Å². The van der Waals surface area contributed by atoms with Gasteiger partial charge in [-0.25, -0.2) is 0 Å². The lowest BCUT2D eigenvalue weighted by molar-refractivity contribution is 0.493. The average Bonchev–Trinajstić information content (AvgIpc) is 2.74. The Morgan fingerprint density at radius 3 is 3.08 bits per heavy atom. The predicted molar refractivity (Wildman–Crippen MR) is 47.3 cm³/mol. The Morgan fingerprint density at radius 1 is 1.75 bits per heavy atom. The molecule has 66 valence electrons. The van der Waals surface area contributed by atoms with Crippen LogP contribution in [-0.2, 0) is 0 Å². The summed E-state index contributed by atoms with van der Waals surface area (Å²) >= 11 is 1.42. The lowest BCUT2D eigenvalue weighted by Gasteiger charge is -2.11. The minimum absolute atomic E-state index is 0.262. The van der Waals surface area contributed by atoms with Gasteiger partial charge in [-0.2, -0.15) is 0 Å². The second kappa shape index (κ2) is 3.47.